The predicted octanol–water partition coefficient (Wildman–Crippen LogP) is 3.45. The molecule has 136 valence electrons. The molecule has 0 spiro atoms. The van der Waals surface area contributed by atoms with Gasteiger partial charge in [-0.3, -0.25) is 4.79 Å². The lowest BCUT2D eigenvalue weighted by molar-refractivity contribution is 0.102. The maximum absolute atomic E-state index is 14.2. The molecular formula is C17H13F3N2O4. The van der Waals surface area contributed by atoms with Crippen molar-refractivity contribution in [3.8, 4) is 5.75 Å². The number of halogens is 3. The van der Waals surface area contributed by atoms with Crippen molar-refractivity contribution in [2.24, 2.45) is 0 Å². The Hall–Kier alpha value is -3.23. The summed E-state index contributed by atoms with van der Waals surface area (Å²) < 4.78 is 45.8. The quantitative estimate of drug-likeness (QED) is 0.777. The van der Waals surface area contributed by atoms with E-state index in [1.54, 1.807) is 0 Å². The summed E-state index contributed by atoms with van der Waals surface area (Å²) in [4.78, 5) is 23.3. The minimum Gasteiger partial charge on any atom is -0.492 e. The summed E-state index contributed by atoms with van der Waals surface area (Å²) in [5.74, 6) is -3.74. The van der Waals surface area contributed by atoms with Crippen LogP contribution in [0.4, 0.5) is 23.7 Å². The van der Waals surface area contributed by atoms with E-state index in [9.17, 15) is 22.8 Å². The van der Waals surface area contributed by atoms with Crippen LogP contribution in [-0.4, -0.2) is 23.7 Å². The fourth-order valence-corrected chi connectivity index (χ4v) is 2.72. The van der Waals surface area contributed by atoms with E-state index in [2.05, 4.69) is 10.6 Å². The minimum absolute atomic E-state index is 0.00277. The molecule has 1 aliphatic rings. The first-order chi connectivity index (χ1) is 12.4. The zero-order valence-corrected chi connectivity index (χ0v) is 13.2. The van der Waals surface area contributed by atoms with E-state index >= 15 is 0 Å². The number of ether oxygens (including phenoxy) is 1. The third-order valence-electron chi connectivity index (χ3n) is 3.86. The summed E-state index contributed by atoms with van der Waals surface area (Å²) in [7, 11) is 0. The monoisotopic (exact) mass is 366 g/mol. The van der Waals surface area contributed by atoms with Crippen LogP contribution in [-0.2, 0) is 0 Å². The first-order valence-electron chi connectivity index (χ1n) is 7.58. The summed E-state index contributed by atoms with van der Waals surface area (Å²) in [5.41, 5.74) is -0.123. The predicted molar refractivity (Wildman–Crippen MR) is 84.7 cm³/mol. The summed E-state index contributed by atoms with van der Waals surface area (Å²) in [5, 5.41) is 13.4. The van der Waals surface area contributed by atoms with E-state index in [0.717, 1.165) is 18.2 Å². The number of rotatable bonds is 3. The number of hydrogen-bond acceptors (Lipinski definition) is 3. The highest BCUT2D eigenvalue weighted by molar-refractivity contribution is 6.06. The van der Waals surface area contributed by atoms with Gasteiger partial charge in [-0.05, 0) is 24.3 Å². The fourth-order valence-electron chi connectivity index (χ4n) is 2.72. The molecular weight excluding hydrogens is 353 g/mol. The number of nitrogens with one attached hydrogen (secondary N) is 2. The van der Waals surface area contributed by atoms with Crippen molar-refractivity contribution in [1.82, 2.24) is 5.32 Å². The van der Waals surface area contributed by atoms with Crippen LogP contribution in [0.25, 0.3) is 0 Å². The minimum atomic E-state index is -1.33. The van der Waals surface area contributed by atoms with Gasteiger partial charge in [-0.15, -0.1) is 0 Å². The number of carbonyl (C=O) groups excluding carboxylic acids is 1. The smallest absolute Gasteiger partial charge is 0.405 e. The third-order valence-corrected chi connectivity index (χ3v) is 3.86. The second kappa shape index (κ2) is 6.95. The molecule has 2 amide bonds. The van der Waals surface area contributed by atoms with Crippen LogP contribution in [0, 0.1) is 17.5 Å². The van der Waals surface area contributed by atoms with Crippen LogP contribution in [0.2, 0.25) is 0 Å². The lowest BCUT2D eigenvalue weighted by Gasteiger charge is -2.27. The van der Waals surface area contributed by atoms with Crippen LogP contribution in [0.1, 0.15) is 28.4 Å². The molecule has 2 aromatic carbocycles. The molecule has 0 unspecified atom stereocenters. The van der Waals surface area contributed by atoms with E-state index in [1.165, 1.54) is 12.1 Å². The summed E-state index contributed by atoms with van der Waals surface area (Å²) in [6.45, 7) is 0.0762. The molecule has 0 saturated carbocycles. The van der Waals surface area contributed by atoms with E-state index in [-0.39, 0.29) is 35.6 Å². The Bertz CT molecular complexity index is 889. The van der Waals surface area contributed by atoms with Crippen LogP contribution < -0.4 is 15.4 Å². The van der Waals surface area contributed by atoms with E-state index < -0.39 is 35.5 Å². The average Bonchev–Trinajstić information content (AvgIpc) is 2.58. The Morgan fingerprint density at radius 2 is 1.81 bits per heavy atom. The lowest BCUT2D eigenvalue weighted by Crippen LogP contribution is -2.32. The molecule has 3 rings (SSSR count). The Balaban J connectivity index is 1.94. The number of carbonyl (C=O) groups is 2. The molecule has 1 aliphatic heterocycles. The molecule has 0 radical (unpaired) electrons. The standard InChI is InChI=1S/C17H13F3N2O4/c18-10-3-1-8(7-12(10)20)21-16(23)9-2-4-11(19)14-13(22-17(24)25)5-6-26-15(9)14/h1-4,7,13,22H,5-6H2,(H,21,23)(H,24,25)/t13-/m1/s1. The molecule has 1 atom stereocenters. The molecule has 3 N–H and O–H groups in total. The molecule has 1 heterocycles. The maximum atomic E-state index is 14.2. The van der Waals surface area contributed by atoms with E-state index in [0.29, 0.717) is 0 Å². The SMILES string of the molecule is O=C(O)N[C@@H]1CCOc2c(C(=O)Nc3ccc(F)c(F)c3)ccc(F)c21. The number of anilines is 1. The Kier molecular flexibility index (Phi) is 4.70. The molecule has 9 heteroatoms. The molecule has 0 bridgehead atoms. The largest absolute Gasteiger partial charge is 0.492 e. The molecule has 6 nitrogen and oxygen atoms in total. The summed E-state index contributed by atoms with van der Waals surface area (Å²) in [6, 6.07) is 4.15. The highest BCUT2D eigenvalue weighted by Crippen LogP contribution is 2.37. The number of fused-ring (bicyclic) bond motifs is 1. The topological polar surface area (TPSA) is 87.7 Å². The van der Waals surface area contributed by atoms with Gasteiger partial charge in [-0.1, -0.05) is 0 Å². The lowest BCUT2D eigenvalue weighted by atomic mass is 9.96. The van der Waals surface area contributed by atoms with Crippen molar-refractivity contribution >= 4 is 17.7 Å². The number of benzene rings is 2. The van der Waals surface area contributed by atoms with Gasteiger partial charge in [-0.2, -0.15) is 0 Å². The van der Waals surface area contributed by atoms with Crippen molar-refractivity contribution in [3.63, 3.8) is 0 Å². The van der Waals surface area contributed by atoms with Crippen molar-refractivity contribution in [3.05, 3.63) is 58.9 Å². The van der Waals surface area contributed by atoms with Gasteiger partial charge in [0.2, 0.25) is 0 Å². The van der Waals surface area contributed by atoms with Gasteiger partial charge < -0.3 is 20.5 Å². The Morgan fingerprint density at radius 3 is 2.50 bits per heavy atom. The molecule has 26 heavy (non-hydrogen) atoms. The van der Waals surface area contributed by atoms with Gasteiger partial charge in [0.15, 0.2) is 11.6 Å². The van der Waals surface area contributed by atoms with Crippen molar-refractivity contribution in [2.45, 2.75) is 12.5 Å². The zero-order valence-electron chi connectivity index (χ0n) is 13.2. The fraction of sp³-hybridized carbons (Fsp3) is 0.176. The van der Waals surface area contributed by atoms with Gasteiger partial charge in [0.1, 0.15) is 11.6 Å². The first-order valence-corrected chi connectivity index (χ1v) is 7.58. The molecule has 2 aromatic rings. The first kappa shape index (κ1) is 17.6. The number of hydrogen-bond donors (Lipinski definition) is 3. The van der Waals surface area contributed by atoms with E-state index in [1.807, 2.05) is 0 Å². The Morgan fingerprint density at radius 1 is 1.08 bits per heavy atom. The molecule has 0 saturated heterocycles. The normalized spacial score (nSPS) is 15.6. The van der Waals surface area contributed by atoms with E-state index in [4.69, 9.17) is 9.84 Å². The summed E-state index contributed by atoms with van der Waals surface area (Å²) in [6.07, 6.45) is -1.14. The molecule has 0 aliphatic carbocycles. The van der Waals surface area contributed by atoms with Gasteiger partial charge in [-0.25, -0.2) is 18.0 Å². The number of carboxylic acid groups (broad SMARTS) is 1. The van der Waals surface area contributed by atoms with Crippen molar-refractivity contribution in [2.75, 3.05) is 11.9 Å². The molecule has 0 aromatic heterocycles. The van der Waals surface area contributed by atoms with Gasteiger partial charge >= 0.3 is 6.09 Å². The third kappa shape index (κ3) is 3.41. The molecule has 0 fully saturated rings. The average molecular weight is 366 g/mol. The second-order valence-electron chi connectivity index (χ2n) is 5.56. The maximum Gasteiger partial charge on any atom is 0.405 e. The van der Waals surface area contributed by atoms with Crippen LogP contribution in [0.3, 0.4) is 0 Å². The van der Waals surface area contributed by atoms with Crippen LogP contribution >= 0.6 is 0 Å². The number of amides is 2. The zero-order chi connectivity index (χ0) is 18.8. The second-order valence-corrected chi connectivity index (χ2v) is 5.56. The highest BCUT2D eigenvalue weighted by Gasteiger charge is 2.30. The van der Waals surface area contributed by atoms with Crippen molar-refractivity contribution < 1.29 is 32.6 Å². The van der Waals surface area contributed by atoms with Gasteiger partial charge in [0.25, 0.3) is 5.91 Å². The highest BCUT2D eigenvalue weighted by atomic mass is 19.2. The van der Waals surface area contributed by atoms with Crippen LogP contribution in [0.15, 0.2) is 30.3 Å². The summed E-state index contributed by atoms with van der Waals surface area (Å²) >= 11 is 0. The van der Waals surface area contributed by atoms with Gasteiger partial charge in [0.05, 0.1) is 23.8 Å². The van der Waals surface area contributed by atoms with Crippen LogP contribution in [0.5, 0.6) is 5.75 Å². The van der Waals surface area contributed by atoms with Gasteiger partial charge in [0, 0.05) is 18.2 Å². The van der Waals surface area contributed by atoms with Crippen molar-refractivity contribution in [1.29, 1.82) is 0 Å². The Labute approximate surface area is 145 Å².